The monoisotopic (exact) mass is 249 g/mol. The number of carbonyl (C=O) groups is 2. The van der Waals surface area contributed by atoms with Gasteiger partial charge in [0.2, 0.25) is 5.91 Å². The highest BCUT2D eigenvalue weighted by atomic mass is 32.2. The summed E-state index contributed by atoms with van der Waals surface area (Å²) in [4.78, 5) is 23.3. The third-order valence-corrected chi connectivity index (χ3v) is 2.98. The van der Waals surface area contributed by atoms with Gasteiger partial charge in [0.25, 0.3) is 0 Å². The second-order valence-corrected chi connectivity index (χ2v) is 4.31. The SMILES string of the molecule is CSc1ccc(/C=N/N2CC(=O)NC2=O)cc1. The predicted octanol–water partition coefficient (Wildman–Crippen LogP) is 1.29. The molecule has 1 saturated heterocycles. The number of imide groups is 1. The topological polar surface area (TPSA) is 61.8 Å². The summed E-state index contributed by atoms with van der Waals surface area (Å²) in [6, 6.07) is 7.28. The van der Waals surface area contributed by atoms with Crippen molar-refractivity contribution in [2.24, 2.45) is 5.10 Å². The van der Waals surface area contributed by atoms with Crippen LogP contribution in [0.3, 0.4) is 0 Å². The molecule has 0 unspecified atom stereocenters. The van der Waals surface area contributed by atoms with E-state index in [0.717, 1.165) is 15.5 Å². The number of urea groups is 1. The van der Waals surface area contributed by atoms with Gasteiger partial charge in [0.05, 0.1) is 6.21 Å². The average molecular weight is 249 g/mol. The third-order valence-electron chi connectivity index (χ3n) is 2.24. The van der Waals surface area contributed by atoms with E-state index in [1.807, 2.05) is 30.5 Å². The summed E-state index contributed by atoms with van der Waals surface area (Å²) in [5, 5.41) is 7.20. The van der Waals surface area contributed by atoms with Gasteiger partial charge < -0.3 is 0 Å². The van der Waals surface area contributed by atoms with E-state index in [1.165, 1.54) is 0 Å². The standard InChI is InChI=1S/C11H11N3O2S/c1-17-9-4-2-8(3-5-9)6-12-14-7-10(15)13-11(14)16/h2-6H,7H2,1H3,(H,13,15,16)/b12-6+. The van der Waals surface area contributed by atoms with Crippen molar-refractivity contribution in [3.05, 3.63) is 29.8 Å². The third kappa shape index (κ3) is 2.85. The summed E-state index contributed by atoms with van der Waals surface area (Å²) in [7, 11) is 0. The lowest BCUT2D eigenvalue weighted by Crippen LogP contribution is -2.24. The highest BCUT2D eigenvalue weighted by molar-refractivity contribution is 7.98. The number of hydrogen-bond acceptors (Lipinski definition) is 4. The second kappa shape index (κ2) is 5.01. The molecule has 1 aromatic carbocycles. The fraction of sp³-hybridized carbons (Fsp3) is 0.182. The molecule has 5 nitrogen and oxygen atoms in total. The van der Waals surface area contributed by atoms with Crippen molar-refractivity contribution in [3.63, 3.8) is 0 Å². The van der Waals surface area contributed by atoms with E-state index < -0.39 is 6.03 Å². The molecule has 0 spiro atoms. The van der Waals surface area contributed by atoms with Crippen LogP contribution in [0.25, 0.3) is 0 Å². The minimum atomic E-state index is -0.480. The van der Waals surface area contributed by atoms with Crippen LogP contribution in [0.5, 0.6) is 0 Å². The van der Waals surface area contributed by atoms with Gasteiger partial charge in [-0.3, -0.25) is 10.1 Å². The number of carbonyl (C=O) groups excluding carboxylic acids is 2. The molecule has 0 atom stereocenters. The van der Waals surface area contributed by atoms with Crippen molar-refractivity contribution in [1.82, 2.24) is 10.3 Å². The van der Waals surface area contributed by atoms with E-state index in [-0.39, 0.29) is 12.5 Å². The van der Waals surface area contributed by atoms with E-state index in [9.17, 15) is 9.59 Å². The zero-order valence-electron chi connectivity index (χ0n) is 9.21. The molecule has 0 aliphatic carbocycles. The fourth-order valence-electron chi connectivity index (χ4n) is 1.35. The van der Waals surface area contributed by atoms with Crippen LogP contribution in [-0.4, -0.2) is 36.0 Å². The molecule has 1 N–H and O–H groups in total. The number of nitrogens with one attached hydrogen (secondary N) is 1. The van der Waals surface area contributed by atoms with Crippen LogP contribution < -0.4 is 5.32 Å². The summed E-state index contributed by atoms with van der Waals surface area (Å²) in [5.41, 5.74) is 0.884. The zero-order chi connectivity index (χ0) is 12.3. The van der Waals surface area contributed by atoms with Crippen LogP contribution in [-0.2, 0) is 4.79 Å². The van der Waals surface area contributed by atoms with Crippen molar-refractivity contribution in [3.8, 4) is 0 Å². The highest BCUT2D eigenvalue weighted by Gasteiger charge is 2.25. The molecule has 3 amide bonds. The number of hydrazone groups is 1. The Hall–Kier alpha value is -1.82. The Kier molecular flexibility index (Phi) is 3.43. The number of rotatable bonds is 3. The zero-order valence-corrected chi connectivity index (χ0v) is 10.0. The molecule has 1 fully saturated rings. The molecular formula is C11H11N3O2S. The Morgan fingerprint density at radius 1 is 1.35 bits per heavy atom. The van der Waals surface area contributed by atoms with E-state index in [1.54, 1.807) is 18.0 Å². The van der Waals surface area contributed by atoms with Gasteiger partial charge in [-0.25, -0.2) is 9.80 Å². The van der Waals surface area contributed by atoms with Crippen LogP contribution in [0.15, 0.2) is 34.3 Å². The van der Waals surface area contributed by atoms with Crippen molar-refractivity contribution in [1.29, 1.82) is 0 Å². The van der Waals surface area contributed by atoms with Gasteiger partial charge in [-0.2, -0.15) is 5.10 Å². The van der Waals surface area contributed by atoms with E-state index in [2.05, 4.69) is 10.4 Å². The molecular weight excluding hydrogens is 238 g/mol. The highest BCUT2D eigenvalue weighted by Crippen LogP contribution is 2.14. The second-order valence-electron chi connectivity index (χ2n) is 3.43. The van der Waals surface area contributed by atoms with Gasteiger partial charge >= 0.3 is 6.03 Å². The van der Waals surface area contributed by atoms with Crippen LogP contribution in [0.2, 0.25) is 0 Å². The van der Waals surface area contributed by atoms with Gasteiger partial charge in [0.1, 0.15) is 6.54 Å². The summed E-state index contributed by atoms with van der Waals surface area (Å²) in [5.74, 6) is -0.329. The lowest BCUT2D eigenvalue weighted by Gasteiger charge is -2.04. The van der Waals surface area contributed by atoms with Gasteiger partial charge in [-0.1, -0.05) is 12.1 Å². The van der Waals surface area contributed by atoms with Crippen molar-refractivity contribution < 1.29 is 9.59 Å². The van der Waals surface area contributed by atoms with Gasteiger partial charge in [-0.05, 0) is 24.0 Å². The fourth-order valence-corrected chi connectivity index (χ4v) is 1.76. The first-order chi connectivity index (χ1) is 8.19. The van der Waals surface area contributed by atoms with E-state index >= 15 is 0 Å². The van der Waals surface area contributed by atoms with Crippen molar-refractivity contribution in [2.75, 3.05) is 12.8 Å². The quantitative estimate of drug-likeness (QED) is 0.499. The molecule has 0 saturated carbocycles. The maximum Gasteiger partial charge on any atom is 0.344 e. The first-order valence-corrected chi connectivity index (χ1v) is 6.21. The molecule has 1 aliphatic heterocycles. The molecule has 1 heterocycles. The summed E-state index contributed by atoms with van der Waals surface area (Å²) >= 11 is 1.66. The van der Waals surface area contributed by atoms with Gasteiger partial charge in [-0.15, -0.1) is 11.8 Å². The van der Waals surface area contributed by atoms with E-state index in [4.69, 9.17) is 0 Å². The number of amides is 3. The molecule has 88 valence electrons. The molecule has 0 radical (unpaired) electrons. The first kappa shape index (κ1) is 11.7. The Morgan fingerprint density at radius 3 is 2.59 bits per heavy atom. The van der Waals surface area contributed by atoms with Crippen LogP contribution in [0, 0.1) is 0 Å². The maximum absolute atomic E-state index is 11.2. The van der Waals surface area contributed by atoms with Gasteiger partial charge in [0, 0.05) is 4.90 Å². The molecule has 0 aromatic heterocycles. The van der Waals surface area contributed by atoms with E-state index in [0.29, 0.717) is 0 Å². The molecule has 1 aliphatic rings. The van der Waals surface area contributed by atoms with Crippen LogP contribution in [0.1, 0.15) is 5.56 Å². The summed E-state index contributed by atoms with van der Waals surface area (Å²) in [6.07, 6.45) is 3.56. The molecule has 0 bridgehead atoms. The lowest BCUT2D eigenvalue weighted by atomic mass is 10.2. The predicted molar refractivity (Wildman–Crippen MR) is 66.1 cm³/mol. The number of benzene rings is 1. The van der Waals surface area contributed by atoms with Crippen LogP contribution in [0.4, 0.5) is 4.79 Å². The molecule has 6 heteroatoms. The van der Waals surface area contributed by atoms with Crippen LogP contribution >= 0.6 is 11.8 Å². The number of nitrogens with zero attached hydrogens (tertiary/aromatic N) is 2. The summed E-state index contributed by atoms with van der Waals surface area (Å²) in [6.45, 7) is -0.0156. The molecule has 2 rings (SSSR count). The summed E-state index contributed by atoms with van der Waals surface area (Å²) < 4.78 is 0. The minimum absolute atomic E-state index is 0.0156. The molecule has 1 aromatic rings. The largest absolute Gasteiger partial charge is 0.344 e. The Balaban J connectivity index is 2.04. The average Bonchev–Trinajstić information content (AvgIpc) is 2.66. The van der Waals surface area contributed by atoms with Crippen molar-refractivity contribution in [2.45, 2.75) is 4.90 Å². The molecule has 17 heavy (non-hydrogen) atoms. The maximum atomic E-state index is 11.2. The Morgan fingerprint density at radius 2 is 2.06 bits per heavy atom. The first-order valence-electron chi connectivity index (χ1n) is 4.98. The number of thioether (sulfide) groups is 1. The minimum Gasteiger partial charge on any atom is -0.275 e. The van der Waals surface area contributed by atoms with Gasteiger partial charge in [0.15, 0.2) is 0 Å². The Bertz CT molecular complexity index is 470. The smallest absolute Gasteiger partial charge is 0.275 e. The number of hydrogen-bond donors (Lipinski definition) is 1. The Labute approximate surface area is 103 Å². The van der Waals surface area contributed by atoms with Crippen molar-refractivity contribution >= 4 is 29.9 Å². The normalized spacial score (nSPS) is 15.7. The lowest BCUT2D eigenvalue weighted by molar-refractivity contribution is -0.118.